The molecule has 8 heteroatoms. The molecule has 0 radical (unpaired) electrons. The molecule has 0 saturated heterocycles. The number of carbonyl (C=O) groups excluding carboxylic acids is 1. The summed E-state index contributed by atoms with van der Waals surface area (Å²) >= 11 is 1.52. The molecule has 1 aliphatic rings. The van der Waals surface area contributed by atoms with Crippen molar-refractivity contribution in [2.75, 3.05) is 13.2 Å². The third-order valence-corrected chi connectivity index (χ3v) is 5.88. The van der Waals surface area contributed by atoms with E-state index >= 15 is 0 Å². The van der Waals surface area contributed by atoms with Crippen molar-refractivity contribution in [1.82, 2.24) is 0 Å². The zero-order valence-corrected chi connectivity index (χ0v) is 14.9. The molecule has 0 aromatic heterocycles. The first-order valence-corrected chi connectivity index (χ1v) is 10.0. The van der Waals surface area contributed by atoms with Gasteiger partial charge in [-0.25, -0.2) is 13.6 Å². The highest BCUT2D eigenvalue weighted by Gasteiger charge is 2.29. The third kappa shape index (κ3) is 4.53. The monoisotopic (exact) mass is 379 g/mol. The van der Waals surface area contributed by atoms with E-state index in [4.69, 9.17) is 14.6 Å². The highest BCUT2D eigenvalue weighted by molar-refractivity contribution is 8.01. The van der Waals surface area contributed by atoms with Gasteiger partial charge in [0.25, 0.3) is 0 Å². The maximum atomic E-state index is 12.1. The molecular weight excluding hydrogens is 362 g/mol. The Morgan fingerprint density at radius 3 is 2.52 bits per heavy atom. The van der Waals surface area contributed by atoms with E-state index in [0.717, 1.165) is 4.90 Å². The maximum Gasteiger partial charge on any atom is 0.319 e. The summed E-state index contributed by atoms with van der Waals surface area (Å²) in [6, 6.07) is 13.7. The zero-order chi connectivity index (χ0) is 17.9. The van der Waals surface area contributed by atoms with Crippen LogP contribution in [0.2, 0.25) is 0 Å². The van der Waals surface area contributed by atoms with Crippen molar-refractivity contribution in [3.63, 3.8) is 0 Å². The lowest BCUT2D eigenvalue weighted by molar-refractivity contribution is -0.143. The molecule has 0 bridgehead atoms. The molecule has 1 heterocycles. The number of ether oxygens (including phenoxy) is 2. The van der Waals surface area contributed by atoms with E-state index in [2.05, 4.69) is 0 Å². The van der Waals surface area contributed by atoms with E-state index in [1.165, 1.54) is 41.6 Å². The fourth-order valence-electron chi connectivity index (χ4n) is 2.43. The Kier molecular flexibility index (Phi) is 5.31. The standard InChI is InChI=1S/C17H17NO5S2/c18-25(20,21)14-7-5-13(6-8-14)22-9-10-23-17(19)16-11-12-3-1-2-4-15(12)24-16/h1-8,16H,9-11H2,(H2,18,20,21). The summed E-state index contributed by atoms with van der Waals surface area (Å²) in [5.41, 5.74) is 1.17. The van der Waals surface area contributed by atoms with Gasteiger partial charge in [-0.1, -0.05) is 18.2 Å². The van der Waals surface area contributed by atoms with Gasteiger partial charge in [0, 0.05) is 4.90 Å². The van der Waals surface area contributed by atoms with Gasteiger partial charge in [0.05, 0.1) is 4.90 Å². The first-order valence-electron chi connectivity index (χ1n) is 7.60. The Labute approximate surface area is 150 Å². The minimum Gasteiger partial charge on any atom is -0.490 e. The Bertz CT molecular complexity index is 840. The van der Waals surface area contributed by atoms with Crippen LogP contribution in [0.1, 0.15) is 5.56 Å². The van der Waals surface area contributed by atoms with E-state index in [-0.39, 0.29) is 29.3 Å². The van der Waals surface area contributed by atoms with E-state index < -0.39 is 10.0 Å². The molecule has 0 spiro atoms. The summed E-state index contributed by atoms with van der Waals surface area (Å²) in [5, 5.41) is 4.81. The second-order valence-corrected chi connectivity index (χ2v) is 8.26. The van der Waals surface area contributed by atoms with Gasteiger partial charge in [-0.2, -0.15) is 0 Å². The lowest BCUT2D eigenvalue weighted by Crippen LogP contribution is -2.22. The average Bonchev–Trinajstić information content (AvgIpc) is 3.02. The van der Waals surface area contributed by atoms with Gasteiger partial charge in [-0.15, -0.1) is 11.8 Å². The molecule has 6 nitrogen and oxygen atoms in total. The number of rotatable bonds is 6. The predicted octanol–water partition coefficient (Wildman–Crippen LogP) is 1.97. The molecule has 1 atom stereocenters. The highest BCUT2D eigenvalue weighted by Crippen LogP contribution is 2.37. The number of carbonyl (C=O) groups is 1. The number of thioether (sulfide) groups is 1. The minimum atomic E-state index is -3.72. The molecule has 3 rings (SSSR count). The quantitative estimate of drug-likeness (QED) is 0.609. The number of sulfonamides is 1. The van der Waals surface area contributed by atoms with E-state index in [1.807, 2.05) is 24.3 Å². The van der Waals surface area contributed by atoms with Crippen LogP contribution in [-0.4, -0.2) is 32.9 Å². The van der Waals surface area contributed by atoms with Gasteiger partial charge in [-0.05, 0) is 42.3 Å². The second-order valence-electron chi connectivity index (χ2n) is 5.45. The Morgan fingerprint density at radius 2 is 1.84 bits per heavy atom. The Hall–Kier alpha value is -2.03. The summed E-state index contributed by atoms with van der Waals surface area (Å²) < 4.78 is 33.0. The molecule has 2 aromatic carbocycles. The molecule has 0 saturated carbocycles. The van der Waals surface area contributed by atoms with Crippen LogP contribution < -0.4 is 9.88 Å². The molecule has 1 unspecified atom stereocenters. The van der Waals surface area contributed by atoms with Gasteiger partial charge in [0.2, 0.25) is 10.0 Å². The summed E-state index contributed by atoms with van der Waals surface area (Å²) in [4.78, 5) is 13.2. The second kappa shape index (κ2) is 7.47. The van der Waals surface area contributed by atoms with Crippen LogP contribution in [0.4, 0.5) is 0 Å². The van der Waals surface area contributed by atoms with Gasteiger partial charge in [-0.3, -0.25) is 4.79 Å². The fourth-order valence-corrected chi connectivity index (χ4v) is 4.14. The predicted molar refractivity (Wildman–Crippen MR) is 94.1 cm³/mol. The van der Waals surface area contributed by atoms with Crippen molar-refractivity contribution < 1.29 is 22.7 Å². The average molecular weight is 379 g/mol. The molecule has 132 valence electrons. The molecule has 0 amide bonds. The van der Waals surface area contributed by atoms with Gasteiger partial charge >= 0.3 is 5.97 Å². The summed E-state index contributed by atoms with van der Waals surface area (Å²) in [6.45, 7) is 0.313. The van der Waals surface area contributed by atoms with Crippen LogP contribution in [0.5, 0.6) is 5.75 Å². The zero-order valence-electron chi connectivity index (χ0n) is 13.3. The van der Waals surface area contributed by atoms with Crippen molar-refractivity contribution >= 4 is 27.8 Å². The van der Waals surface area contributed by atoms with Crippen molar-refractivity contribution in [3.05, 3.63) is 54.1 Å². The fraction of sp³-hybridized carbons (Fsp3) is 0.235. The number of hydrogen-bond acceptors (Lipinski definition) is 6. The van der Waals surface area contributed by atoms with Crippen molar-refractivity contribution in [3.8, 4) is 5.75 Å². The smallest absolute Gasteiger partial charge is 0.319 e. The summed E-state index contributed by atoms with van der Waals surface area (Å²) in [7, 11) is -3.72. The number of hydrogen-bond donors (Lipinski definition) is 1. The van der Waals surface area contributed by atoms with Crippen LogP contribution in [0.25, 0.3) is 0 Å². The van der Waals surface area contributed by atoms with Crippen LogP contribution in [-0.2, 0) is 26.0 Å². The molecular formula is C17H17NO5S2. The van der Waals surface area contributed by atoms with Crippen molar-refractivity contribution in [1.29, 1.82) is 0 Å². The molecule has 0 aliphatic carbocycles. The van der Waals surface area contributed by atoms with Gasteiger partial charge in [0.1, 0.15) is 24.2 Å². The Morgan fingerprint density at radius 1 is 1.12 bits per heavy atom. The summed E-state index contributed by atoms with van der Waals surface area (Å²) in [6.07, 6.45) is 0.676. The van der Waals surface area contributed by atoms with Gasteiger partial charge in [0.15, 0.2) is 0 Å². The number of fused-ring (bicyclic) bond motifs is 1. The maximum absolute atomic E-state index is 12.1. The molecule has 0 fully saturated rings. The first kappa shape index (κ1) is 17.8. The lowest BCUT2D eigenvalue weighted by atomic mass is 10.1. The number of primary sulfonamides is 1. The Balaban J connectivity index is 1.42. The van der Waals surface area contributed by atoms with E-state index in [0.29, 0.717) is 12.2 Å². The van der Waals surface area contributed by atoms with Crippen LogP contribution in [0.3, 0.4) is 0 Å². The largest absolute Gasteiger partial charge is 0.490 e. The van der Waals surface area contributed by atoms with E-state index in [1.54, 1.807) is 0 Å². The first-order chi connectivity index (χ1) is 11.9. The molecule has 25 heavy (non-hydrogen) atoms. The van der Waals surface area contributed by atoms with Crippen LogP contribution >= 0.6 is 11.8 Å². The van der Waals surface area contributed by atoms with Crippen LogP contribution in [0.15, 0.2) is 58.3 Å². The number of esters is 1. The number of benzene rings is 2. The van der Waals surface area contributed by atoms with E-state index in [9.17, 15) is 13.2 Å². The van der Waals surface area contributed by atoms with Crippen molar-refractivity contribution in [2.24, 2.45) is 5.14 Å². The summed E-state index contributed by atoms with van der Waals surface area (Å²) in [5.74, 6) is 0.223. The normalized spacial score (nSPS) is 16.3. The SMILES string of the molecule is NS(=O)(=O)c1ccc(OCCOC(=O)C2Cc3ccccc3S2)cc1. The van der Waals surface area contributed by atoms with Gasteiger partial charge < -0.3 is 9.47 Å². The number of nitrogens with two attached hydrogens (primary N) is 1. The lowest BCUT2D eigenvalue weighted by Gasteiger charge is -2.10. The third-order valence-electron chi connectivity index (χ3n) is 3.66. The highest BCUT2D eigenvalue weighted by atomic mass is 32.2. The minimum absolute atomic E-state index is 0.0177. The molecule has 1 aliphatic heterocycles. The van der Waals surface area contributed by atoms with Crippen LogP contribution in [0, 0.1) is 0 Å². The topological polar surface area (TPSA) is 95.7 Å². The molecule has 2 aromatic rings. The van der Waals surface area contributed by atoms with Crippen molar-refractivity contribution in [2.45, 2.75) is 21.5 Å². The molecule has 2 N–H and O–H groups in total.